The molecule has 0 spiro atoms. The molecule has 0 fully saturated rings. The van der Waals surface area contributed by atoms with E-state index in [9.17, 15) is 4.79 Å². The second kappa shape index (κ2) is 5.98. The number of carboxylic acid groups (broad SMARTS) is 1. The summed E-state index contributed by atoms with van der Waals surface area (Å²) in [6.07, 6.45) is 4.29. The molecule has 62 valence electrons. The smallest absolute Gasteiger partial charge is 0.327 e. The van der Waals surface area contributed by atoms with Gasteiger partial charge in [-0.05, 0) is 19.8 Å². The molecule has 1 N–H and O–H groups in total. The van der Waals surface area contributed by atoms with Gasteiger partial charge < -0.3 is 5.11 Å². The van der Waals surface area contributed by atoms with Crippen molar-refractivity contribution in [3.63, 3.8) is 0 Å². The Bertz CT molecular complexity index is 183. The third-order valence-electron chi connectivity index (χ3n) is 1.15. The standard InChI is InChI=1S/C8H11ClO2/c1-7(6-9)4-2-3-5-8(10)11/h3,5-6H,2,4H2,1H3,(H,10,11)/b5-3+,7-6+. The zero-order chi connectivity index (χ0) is 8.69. The third-order valence-corrected chi connectivity index (χ3v) is 1.52. The molecule has 0 aromatic carbocycles. The summed E-state index contributed by atoms with van der Waals surface area (Å²) >= 11 is 5.39. The topological polar surface area (TPSA) is 37.3 Å². The van der Waals surface area contributed by atoms with Gasteiger partial charge in [0.1, 0.15) is 0 Å². The highest BCUT2D eigenvalue weighted by Gasteiger charge is 1.87. The predicted octanol–water partition coefficient (Wildman–Crippen LogP) is 2.55. The number of allylic oxidation sites excluding steroid dienone is 2. The summed E-state index contributed by atoms with van der Waals surface area (Å²) in [4.78, 5) is 9.99. The molecular formula is C8H11ClO2. The molecule has 0 saturated heterocycles. The normalized spacial score (nSPS) is 12.4. The van der Waals surface area contributed by atoms with E-state index in [1.165, 1.54) is 5.54 Å². The van der Waals surface area contributed by atoms with Gasteiger partial charge >= 0.3 is 5.97 Å². The maximum Gasteiger partial charge on any atom is 0.327 e. The molecule has 0 rings (SSSR count). The van der Waals surface area contributed by atoms with Gasteiger partial charge in [-0.25, -0.2) is 4.79 Å². The number of halogens is 1. The minimum absolute atomic E-state index is 0.724. The Labute approximate surface area is 71.2 Å². The Morgan fingerprint density at radius 1 is 1.64 bits per heavy atom. The summed E-state index contributed by atoms with van der Waals surface area (Å²) in [5.41, 5.74) is 2.57. The van der Waals surface area contributed by atoms with Crippen LogP contribution in [-0.4, -0.2) is 11.1 Å². The van der Waals surface area contributed by atoms with Gasteiger partial charge in [0, 0.05) is 11.6 Å². The van der Waals surface area contributed by atoms with Crippen LogP contribution in [0.4, 0.5) is 0 Å². The van der Waals surface area contributed by atoms with Crippen LogP contribution in [0.5, 0.6) is 0 Å². The van der Waals surface area contributed by atoms with Crippen molar-refractivity contribution >= 4 is 17.6 Å². The van der Waals surface area contributed by atoms with E-state index in [1.54, 1.807) is 6.08 Å². The summed E-state index contributed by atoms with van der Waals surface area (Å²) in [6, 6.07) is 0. The number of hydrogen-bond donors (Lipinski definition) is 1. The van der Waals surface area contributed by atoms with Crippen molar-refractivity contribution in [2.24, 2.45) is 0 Å². The largest absolute Gasteiger partial charge is 0.478 e. The van der Waals surface area contributed by atoms with Gasteiger partial charge in [-0.15, -0.1) is 0 Å². The molecule has 0 aliphatic carbocycles. The minimum atomic E-state index is -0.905. The molecule has 0 saturated carbocycles. The Kier molecular flexibility index (Phi) is 5.57. The molecule has 0 heterocycles. The van der Waals surface area contributed by atoms with E-state index in [1.807, 2.05) is 6.92 Å². The van der Waals surface area contributed by atoms with Gasteiger partial charge in [0.05, 0.1) is 0 Å². The lowest BCUT2D eigenvalue weighted by atomic mass is 10.2. The zero-order valence-electron chi connectivity index (χ0n) is 6.38. The van der Waals surface area contributed by atoms with Gasteiger partial charge in [-0.2, -0.15) is 0 Å². The van der Waals surface area contributed by atoms with E-state index >= 15 is 0 Å². The molecule has 0 bridgehead atoms. The first-order chi connectivity index (χ1) is 5.16. The second-order valence-electron chi connectivity index (χ2n) is 2.23. The van der Waals surface area contributed by atoms with Crippen LogP contribution in [0, 0.1) is 0 Å². The quantitative estimate of drug-likeness (QED) is 0.666. The van der Waals surface area contributed by atoms with E-state index in [2.05, 4.69) is 0 Å². The maximum absolute atomic E-state index is 9.99. The molecule has 0 radical (unpaired) electrons. The van der Waals surface area contributed by atoms with Crippen LogP contribution in [0.15, 0.2) is 23.3 Å². The minimum Gasteiger partial charge on any atom is -0.478 e. The van der Waals surface area contributed by atoms with Crippen LogP contribution in [0.1, 0.15) is 19.8 Å². The first-order valence-corrected chi connectivity index (χ1v) is 3.75. The fourth-order valence-electron chi connectivity index (χ4n) is 0.550. The highest BCUT2D eigenvalue weighted by molar-refractivity contribution is 6.25. The SMILES string of the molecule is C/C(=C\Cl)CC/C=C/C(=O)O. The van der Waals surface area contributed by atoms with E-state index in [0.717, 1.165) is 24.5 Å². The molecule has 0 aliphatic heterocycles. The molecule has 2 nitrogen and oxygen atoms in total. The maximum atomic E-state index is 9.99. The average Bonchev–Trinajstić information content (AvgIpc) is 1.97. The van der Waals surface area contributed by atoms with Crippen molar-refractivity contribution < 1.29 is 9.90 Å². The molecule has 0 aromatic rings. The van der Waals surface area contributed by atoms with Crippen molar-refractivity contribution in [3.8, 4) is 0 Å². The van der Waals surface area contributed by atoms with Crippen molar-refractivity contribution in [1.82, 2.24) is 0 Å². The zero-order valence-corrected chi connectivity index (χ0v) is 7.14. The highest BCUT2D eigenvalue weighted by atomic mass is 35.5. The van der Waals surface area contributed by atoms with Crippen molar-refractivity contribution in [2.45, 2.75) is 19.8 Å². The Balaban J connectivity index is 3.49. The van der Waals surface area contributed by atoms with Crippen LogP contribution in [-0.2, 0) is 4.79 Å². The molecule has 3 heteroatoms. The Morgan fingerprint density at radius 2 is 2.27 bits per heavy atom. The number of aliphatic carboxylic acids is 1. The number of carbonyl (C=O) groups is 1. The number of rotatable bonds is 4. The lowest BCUT2D eigenvalue weighted by Crippen LogP contribution is -1.85. The molecule has 0 unspecified atom stereocenters. The number of carboxylic acids is 1. The van der Waals surface area contributed by atoms with Gasteiger partial charge in [0.2, 0.25) is 0 Å². The van der Waals surface area contributed by atoms with E-state index in [0.29, 0.717) is 0 Å². The molecule has 0 atom stereocenters. The average molecular weight is 175 g/mol. The third kappa shape index (κ3) is 7.13. The fraction of sp³-hybridized carbons (Fsp3) is 0.375. The monoisotopic (exact) mass is 174 g/mol. The summed E-state index contributed by atoms with van der Waals surface area (Å²) in [6.45, 7) is 1.90. The predicted molar refractivity (Wildman–Crippen MR) is 45.6 cm³/mol. The second-order valence-corrected chi connectivity index (χ2v) is 2.45. The van der Waals surface area contributed by atoms with Gasteiger partial charge in [-0.3, -0.25) is 0 Å². The van der Waals surface area contributed by atoms with E-state index in [4.69, 9.17) is 16.7 Å². The first kappa shape index (κ1) is 10.2. The highest BCUT2D eigenvalue weighted by Crippen LogP contribution is 2.05. The van der Waals surface area contributed by atoms with Crippen LogP contribution >= 0.6 is 11.6 Å². The molecule has 0 aliphatic rings. The van der Waals surface area contributed by atoms with Crippen LogP contribution in [0.2, 0.25) is 0 Å². The van der Waals surface area contributed by atoms with E-state index in [-0.39, 0.29) is 0 Å². The molecular weight excluding hydrogens is 164 g/mol. The van der Waals surface area contributed by atoms with Crippen LogP contribution < -0.4 is 0 Å². The molecule has 0 amide bonds. The first-order valence-electron chi connectivity index (χ1n) is 3.32. The molecule has 0 aromatic heterocycles. The van der Waals surface area contributed by atoms with Gasteiger partial charge in [0.15, 0.2) is 0 Å². The Morgan fingerprint density at radius 3 is 2.73 bits per heavy atom. The van der Waals surface area contributed by atoms with Gasteiger partial charge in [-0.1, -0.05) is 23.3 Å². The van der Waals surface area contributed by atoms with Crippen molar-refractivity contribution in [1.29, 1.82) is 0 Å². The van der Waals surface area contributed by atoms with Gasteiger partial charge in [0.25, 0.3) is 0 Å². The molecule has 11 heavy (non-hydrogen) atoms. The lowest BCUT2D eigenvalue weighted by molar-refractivity contribution is -0.131. The lowest BCUT2D eigenvalue weighted by Gasteiger charge is -1.92. The number of hydrogen-bond acceptors (Lipinski definition) is 1. The fourth-order valence-corrected chi connectivity index (χ4v) is 0.659. The Hall–Kier alpha value is -0.760. The van der Waals surface area contributed by atoms with Crippen LogP contribution in [0.25, 0.3) is 0 Å². The van der Waals surface area contributed by atoms with Crippen molar-refractivity contribution in [2.75, 3.05) is 0 Å². The summed E-state index contributed by atoms with van der Waals surface area (Å²) in [5, 5.41) is 8.21. The van der Waals surface area contributed by atoms with E-state index < -0.39 is 5.97 Å². The summed E-state index contributed by atoms with van der Waals surface area (Å²) in [5.74, 6) is -0.905. The summed E-state index contributed by atoms with van der Waals surface area (Å²) in [7, 11) is 0. The van der Waals surface area contributed by atoms with Crippen LogP contribution in [0.3, 0.4) is 0 Å². The summed E-state index contributed by atoms with van der Waals surface area (Å²) < 4.78 is 0. The van der Waals surface area contributed by atoms with Crippen molar-refractivity contribution in [3.05, 3.63) is 23.3 Å².